The van der Waals surface area contributed by atoms with E-state index in [1.165, 1.54) is 122 Å². The Bertz CT molecular complexity index is 568. The van der Waals surface area contributed by atoms with Crippen molar-refractivity contribution in [3.05, 3.63) is 12.2 Å². The number of hydrogen-bond donors (Lipinski definition) is 4. The minimum absolute atomic E-state index is 0.155. The fourth-order valence-corrected chi connectivity index (χ4v) is 5.51. The smallest absolute Gasteiger partial charge is 0.220 e. The molecule has 0 bridgehead atoms. The second-order valence-electron chi connectivity index (χ2n) is 12.4. The van der Waals surface area contributed by atoms with Crippen molar-refractivity contribution in [2.45, 2.75) is 205 Å². The lowest BCUT2D eigenvalue weighted by atomic mass is 10.0. The molecular weight excluding hydrogens is 510 g/mol. The Morgan fingerprint density at radius 3 is 1.41 bits per heavy atom. The van der Waals surface area contributed by atoms with E-state index < -0.39 is 18.2 Å². The summed E-state index contributed by atoms with van der Waals surface area (Å²) in [6.07, 6.45) is 34.4. The standard InChI is InChI=1S/C36H71NO4/c1-3-5-7-9-11-13-15-17-19-21-23-25-27-29-31-35(40)37-33(32-38)36(41)34(39)30-28-26-24-22-20-18-16-14-12-10-8-6-4-2/h22,24,33-34,36,38-39,41H,3-21,23,25-32H2,1-2H3,(H,37,40)/b24-22+. The minimum Gasteiger partial charge on any atom is -0.394 e. The summed E-state index contributed by atoms with van der Waals surface area (Å²) >= 11 is 0. The Morgan fingerprint density at radius 1 is 0.585 bits per heavy atom. The van der Waals surface area contributed by atoms with E-state index >= 15 is 0 Å². The van der Waals surface area contributed by atoms with Crippen molar-refractivity contribution < 1.29 is 20.1 Å². The molecule has 0 aliphatic heterocycles. The molecule has 3 unspecified atom stereocenters. The zero-order valence-electron chi connectivity index (χ0n) is 27.4. The van der Waals surface area contributed by atoms with E-state index in [1.807, 2.05) is 0 Å². The monoisotopic (exact) mass is 582 g/mol. The Kier molecular flexibility index (Phi) is 31.3. The van der Waals surface area contributed by atoms with E-state index in [1.54, 1.807) is 0 Å². The van der Waals surface area contributed by atoms with Crippen LogP contribution in [0, 0.1) is 0 Å². The van der Waals surface area contributed by atoms with Crippen molar-refractivity contribution in [1.29, 1.82) is 0 Å². The second kappa shape index (κ2) is 32.0. The lowest BCUT2D eigenvalue weighted by Crippen LogP contribution is -2.50. The van der Waals surface area contributed by atoms with Crippen LogP contribution in [0.2, 0.25) is 0 Å². The summed E-state index contributed by atoms with van der Waals surface area (Å²) in [5.41, 5.74) is 0. The predicted molar refractivity (Wildman–Crippen MR) is 176 cm³/mol. The summed E-state index contributed by atoms with van der Waals surface area (Å²) in [5.74, 6) is -0.155. The second-order valence-corrected chi connectivity index (χ2v) is 12.4. The van der Waals surface area contributed by atoms with Gasteiger partial charge in [-0.3, -0.25) is 4.79 Å². The molecule has 0 aromatic heterocycles. The maximum absolute atomic E-state index is 12.3. The number of nitrogens with one attached hydrogen (secondary N) is 1. The third-order valence-electron chi connectivity index (χ3n) is 8.37. The van der Waals surface area contributed by atoms with Gasteiger partial charge in [0, 0.05) is 6.42 Å². The van der Waals surface area contributed by atoms with Gasteiger partial charge in [-0.05, 0) is 38.5 Å². The maximum atomic E-state index is 12.3. The molecule has 0 aromatic carbocycles. The van der Waals surface area contributed by atoms with Crippen molar-refractivity contribution in [2.75, 3.05) is 6.61 Å². The van der Waals surface area contributed by atoms with E-state index in [4.69, 9.17) is 0 Å². The van der Waals surface area contributed by atoms with Crippen molar-refractivity contribution in [3.8, 4) is 0 Å². The Balaban J connectivity index is 3.73. The predicted octanol–water partition coefficient (Wildman–Crippen LogP) is 9.31. The molecule has 0 aliphatic carbocycles. The third kappa shape index (κ3) is 27.7. The highest BCUT2D eigenvalue weighted by atomic mass is 16.3. The largest absolute Gasteiger partial charge is 0.394 e. The maximum Gasteiger partial charge on any atom is 0.220 e. The van der Waals surface area contributed by atoms with Gasteiger partial charge in [-0.15, -0.1) is 0 Å². The first-order valence-electron chi connectivity index (χ1n) is 18.0. The highest BCUT2D eigenvalue weighted by Gasteiger charge is 2.26. The van der Waals surface area contributed by atoms with E-state index in [2.05, 4.69) is 31.3 Å². The molecule has 1 amide bonds. The molecule has 4 N–H and O–H groups in total. The summed E-state index contributed by atoms with van der Waals surface area (Å²) in [5, 5.41) is 33.3. The normalized spacial score (nSPS) is 14.0. The Hall–Kier alpha value is -0.910. The fraction of sp³-hybridized carbons (Fsp3) is 0.917. The van der Waals surface area contributed by atoms with Crippen LogP contribution in [0.1, 0.15) is 187 Å². The first kappa shape index (κ1) is 40.1. The summed E-state index contributed by atoms with van der Waals surface area (Å²) in [7, 11) is 0. The average molecular weight is 582 g/mol. The zero-order chi connectivity index (χ0) is 30.2. The van der Waals surface area contributed by atoms with Gasteiger partial charge >= 0.3 is 0 Å². The van der Waals surface area contributed by atoms with Gasteiger partial charge in [-0.1, -0.05) is 154 Å². The van der Waals surface area contributed by atoms with Crippen molar-refractivity contribution in [2.24, 2.45) is 0 Å². The summed E-state index contributed by atoms with van der Waals surface area (Å²) in [6.45, 7) is 4.14. The van der Waals surface area contributed by atoms with Crippen LogP contribution < -0.4 is 5.32 Å². The van der Waals surface area contributed by atoms with Gasteiger partial charge in [-0.2, -0.15) is 0 Å². The number of rotatable bonds is 32. The van der Waals surface area contributed by atoms with Crippen LogP contribution in [0.5, 0.6) is 0 Å². The van der Waals surface area contributed by atoms with Crippen LogP contribution in [0.4, 0.5) is 0 Å². The quantitative estimate of drug-likeness (QED) is 0.0471. The van der Waals surface area contributed by atoms with E-state index in [0.29, 0.717) is 12.8 Å². The fourth-order valence-electron chi connectivity index (χ4n) is 5.51. The number of unbranched alkanes of at least 4 members (excludes halogenated alkanes) is 22. The average Bonchev–Trinajstić information content (AvgIpc) is 2.97. The molecule has 244 valence electrons. The molecule has 5 nitrogen and oxygen atoms in total. The van der Waals surface area contributed by atoms with Gasteiger partial charge in [0.2, 0.25) is 5.91 Å². The summed E-state index contributed by atoms with van der Waals surface area (Å²) in [6, 6.07) is -0.818. The van der Waals surface area contributed by atoms with Gasteiger partial charge in [-0.25, -0.2) is 0 Å². The van der Waals surface area contributed by atoms with E-state index in [-0.39, 0.29) is 12.5 Å². The minimum atomic E-state index is -1.15. The van der Waals surface area contributed by atoms with Crippen molar-refractivity contribution >= 4 is 5.91 Å². The molecule has 0 radical (unpaired) electrons. The number of amides is 1. The number of aliphatic hydroxyl groups is 3. The number of aliphatic hydroxyl groups excluding tert-OH is 3. The van der Waals surface area contributed by atoms with Crippen LogP contribution in [0.3, 0.4) is 0 Å². The zero-order valence-corrected chi connectivity index (χ0v) is 27.4. The number of carbonyl (C=O) groups is 1. The van der Waals surface area contributed by atoms with Crippen molar-refractivity contribution in [1.82, 2.24) is 5.32 Å². The summed E-state index contributed by atoms with van der Waals surface area (Å²) < 4.78 is 0. The molecule has 0 aliphatic rings. The molecule has 3 atom stereocenters. The lowest BCUT2D eigenvalue weighted by Gasteiger charge is -2.26. The topological polar surface area (TPSA) is 89.8 Å². The lowest BCUT2D eigenvalue weighted by molar-refractivity contribution is -0.124. The molecule has 0 rings (SSSR count). The molecule has 0 aromatic rings. The van der Waals surface area contributed by atoms with E-state index in [9.17, 15) is 20.1 Å². The molecule has 0 saturated carbocycles. The third-order valence-corrected chi connectivity index (χ3v) is 8.37. The molecule has 0 heterocycles. The van der Waals surface area contributed by atoms with Crippen LogP contribution >= 0.6 is 0 Å². The van der Waals surface area contributed by atoms with Gasteiger partial charge in [0.1, 0.15) is 6.10 Å². The van der Waals surface area contributed by atoms with Gasteiger partial charge in [0.15, 0.2) is 0 Å². The van der Waals surface area contributed by atoms with Crippen LogP contribution in [-0.2, 0) is 4.79 Å². The van der Waals surface area contributed by atoms with E-state index in [0.717, 1.165) is 38.5 Å². The molecule has 41 heavy (non-hydrogen) atoms. The first-order chi connectivity index (χ1) is 20.1. The molecule has 5 heteroatoms. The Morgan fingerprint density at radius 2 is 0.976 bits per heavy atom. The van der Waals surface area contributed by atoms with Crippen LogP contribution in [-0.4, -0.2) is 46.1 Å². The number of carbonyl (C=O) groups excluding carboxylic acids is 1. The molecule has 0 fully saturated rings. The molecule has 0 spiro atoms. The van der Waals surface area contributed by atoms with Gasteiger partial charge in [0.05, 0.1) is 18.8 Å². The highest BCUT2D eigenvalue weighted by Crippen LogP contribution is 2.14. The van der Waals surface area contributed by atoms with Crippen LogP contribution in [0.15, 0.2) is 12.2 Å². The highest BCUT2D eigenvalue weighted by molar-refractivity contribution is 5.76. The van der Waals surface area contributed by atoms with Gasteiger partial charge < -0.3 is 20.6 Å². The van der Waals surface area contributed by atoms with Crippen LogP contribution in [0.25, 0.3) is 0 Å². The van der Waals surface area contributed by atoms with Gasteiger partial charge in [0.25, 0.3) is 0 Å². The molecular formula is C36H71NO4. The number of allylic oxidation sites excluding steroid dienone is 2. The first-order valence-corrected chi connectivity index (χ1v) is 18.0. The van der Waals surface area contributed by atoms with Crippen molar-refractivity contribution in [3.63, 3.8) is 0 Å². The molecule has 0 saturated heterocycles. The number of hydrogen-bond acceptors (Lipinski definition) is 4. The summed E-state index contributed by atoms with van der Waals surface area (Å²) in [4.78, 5) is 12.3. The Labute approximate surface area is 255 Å². The SMILES string of the molecule is CCCCCCCCCC/C=C/CCCC(O)C(O)C(CO)NC(=O)CCCCCCCCCCCCCCCC.